The Bertz CT molecular complexity index is 918. The lowest BCUT2D eigenvalue weighted by atomic mass is 10.2. The van der Waals surface area contributed by atoms with Crippen LogP contribution in [0.4, 0.5) is 13.6 Å². The predicted molar refractivity (Wildman–Crippen MR) is 89.4 cm³/mol. The molecule has 0 fully saturated rings. The van der Waals surface area contributed by atoms with Crippen molar-refractivity contribution >= 4 is 18.0 Å². The van der Waals surface area contributed by atoms with Gasteiger partial charge in [0, 0.05) is 0 Å². The number of benzene rings is 1. The number of aliphatic carboxylic acids is 2. The van der Waals surface area contributed by atoms with Gasteiger partial charge in [-0.1, -0.05) is 5.16 Å². The molecule has 13 heteroatoms. The number of halogens is 2. The van der Waals surface area contributed by atoms with E-state index in [1.54, 1.807) is 0 Å². The molecular weight excluding hydrogens is 398 g/mol. The quantitative estimate of drug-likeness (QED) is 0.415. The van der Waals surface area contributed by atoms with Crippen LogP contribution in [-0.4, -0.2) is 55.6 Å². The van der Waals surface area contributed by atoms with Crippen LogP contribution in [0.5, 0.6) is 0 Å². The summed E-state index contributed by atoms with van der Waals surface area (Å²) in [6.07, 6.45) is -2.19. The number of amides is 2. The number of rotatable bonds is 8. The molecule has 11 nitrogen and oxygen atoms in total. The summed E-state index contributed by atoms with van der Waals surface area (Å²) in [6.45, 7) is 1.13. The molecule has 0 aliphatic rings. The highest BCUT2D eigenvalue weighted by Gasteiger charge is 2.29. The van der Waals surface area contributed by atoms with Crippen molar-refractivity contribution in [3.8, 4) is 11.4 Å². The van der Waals surface area contributed by atoms with Crippen molar-refractivity contribution in [2.24, 2.45) is 0 Å². The molecule has 1 unspecified atom stereocenters. The molecule has 0 saturated heterocycles. The summed E-state index contributed by atoms with van der Waals surface area (Å²) in [5.74, 6) is -5.36. The zero-order valence-corrected chi connectivity index (χ0v) is 14.8. The summed E-state index contributed by atoms with van der Waals surface area (Å²) in [6, 6.07) is -1.71. The van der Waals surface area contributed by atoms with Gasteiger partial charge in [-0.3, -0.25) is 4.79 Å². The van der Waals surface area contributed by atoms with E-state index in [1.165, 1.54) is 0 Å². The normalized spacial score (nSPS) is 13.9. The monoisotopic (exact) mass is 414 g/mol. The predicted octanol–water partition coefficient (Wildman–Crippen LogP) is 0.664. The van der Waals surface area contributed by atoms with Gasteiger partial charge >= 0.3 is 18.0 Å². The van der Waals surface area contributed by atoms with E-state index >= 15 is 0 Å². The number of aliphatic hydroxyl groups excluding tert-OH is 1. The van der Waals surface area contributed by atoms with Gasteiger partial charge in [-0.05, 0) is 25.1 Å². The Kier molecular flexibility index (Phi) is 6.77. The molecule has 1 aromatic heterocycles. The highest BCUT2D eigenvalue weighted by atomic mass is 19.1. The Morgan fingerprint density at radius 2 is 1.90 bits per heavy atom. The molecular formula is C16H16F2N4O7. The highest BCUT2D eigenvalue weighted by Crippen LogP contribution is 2.23. The lowest BCUT2D eigenvalue weighted by molar-refractivity contribution is -0.142. The molecule has 1 aromatic carbocycles. The van der Waals surface area contributed by atoms with Crippen LogP contribution in [0.15, 0.2) is 22.7 Å². The zero-order chi connectivity index (χ0) is 21.7. The second-order valence-corrected chi connectivity index (χ2v) is 5.91. The zero-order valence-electron chi connectivity index (χ0n) is 14.8. The van der Waals surface area contributed by atoms with Crippen molar-refractivity contribution in [2.45, 2.75) is 31.5 Å². The number of nitrogens with one attached hydrogen (secondary N) is 2. The number of aromatic nitrogens is 2. The van der Waals surface area contributed by atoms with Crippen LogP contribution >= 0.6 is 0 Å². The number of aliphatic hydroxyl groups is 1. The third kappa shape index (κ3) is 5.68. The highest BCUT2D eigenvalue weighted by molar-refractivity contribution is 5.83. The Morgan fingerprint density at radius 3 is 2.48 bits per heavy atom. The molecule has 3 atom stereocenters. The Morgan fingerprint density at radius 1 is 1.21 bits per heavy atom. The van der Waals surface area contributed by atoms with Crippen LogP contribution in [0.3, 0.4) is 0 Å². The van der Waals surface area contributed by atoms with Gasteiger partial charge in [-0.2, -0.15) is 4.98 Å². The van der Waals surface area contributed by atoms with E-state index in [4.69, 9.17) is 14.7 Å². The first-order valence-electron chi connectivity index (χ1n) is 8.07. The van der Waals surface area contributed by atoms with E-state index in [0.717, 1.165) is 25.1 Å². The molecule has 0 spiro atoms. The minimum Gasteiger partial charge on any atom is -0.481 e. The first kappa shape index (κ1) is 21.7. The fourth-order valence-corrected chi connectivity index (χ4v) is 2.26. The van der Waals surface area contributed by atoms with Crippen LogP contribution in [0, 0.1) is 11.6 Å². The van der Waals surface area contributed by atoms with Gasteiger partial charge in [0.05, 0.1) is 18.1 Å². The van der Waals surface area contributed by atoms with E-state index < -0.39 is 60.1 Å². The minimum atomic E-state index is -1.67. The van der Waals surface area contributed by atoms with Gasteiger partial charge in [-0.15, -0.1) is 0 Å². The topological polar surface area (TPSA) is 175 Å². The number of carboxylic acids is 2. The average molecular weight is 414 g/mol. The molecule has 0 bridgehead atoms. The van der Waals surface area contributed by atoms with Gasteiger partial charge in [0.25, 0.3) is 0 Å². The number of urea groups is 1. The largest absolute Gasteiger partial charge is 0.481 e. The van der Waals surface area contributed by atoms with Gasteiger partial charge in [0.15, 0.2) is 6.04 Å². The van der Waals surface area contributed by atoms with Gasteiger partial charge in [0.2, 0.25) is 11.7 Å². The first-order valence-corrected chi connectivity index (χ1v) is 8.07. The van der Waals surface area contributed by atoms with Crippen LogP contribution in [0.1, 0.15) is 25.3 Å². The summed E-state index contributed by atoms with van der Waals surface area (Å²) in [5, 5.41) is 34.9. The van der Waals surface area contributed by atoms with E-state index in [9.17, 15) is 28.3 Å². The van der Waals surface area contributed by atoms with Crippen molar-refractivity contribution in [3.05, 3.63) is 35.7 Å². The Balaban J connectivity index is 2.24. The third-order valence-electron chi connectivity index (χ3n) is 3.63. The summed E-state index contributed by atoms with van der Waals surface area (Å²) in [4.78, 5) is 37.9. The number of carbonyl (C=O) groups is 3. The van der Waals surface area contributed by atoms with E-state index in [0.29, 0.717) is 0 Å². The van der Waals surface area contributed by atoms with Gasteiger partial charge in [-0.25, -0.2) is 18.4 Å². The lowest BCUT2D eigenvalue weighted by Gasteiger charge is -2.19. The maximum absolute atomic E-state index is 13.8. The number of nitrogens with zero attached hydrogens (tertiary/aromatic N) is 2. The molecule has 2 amide bonds. The second kappa shape index (κ2) is 9.05. The molecule has 0 saturated carbocycles. The maximum atomic E-state index is 13.8. The molecule has 0 aliphatic carbocycles. The molecule has 2 rings (SSSR count). The molecule has 0 radical (unpaired) electrons. The van der Waals surface area contributed by atoms with Gasteiger partial charge in [0.1, 0.15) is 17.7 Å². The fraction of sp³-hybridized carbons (Fsp3) is 0.312. The van der Waals surface area contributed by atoms with Crippen LogP contribution in [0.2, 0.25) is 0 Å². The second-order valence-electron chi connectivity index (χ2n) is 5.91. The molecule has 5 N–H and O–H groups in total. The van der Waals surface area contributed by atoms with Crippen molar-refractivity contribution < 1.29 is 43.0 Å². The van der Waals surface area contributed by atoms with Crippen LogP contribution in [0.25, 0.3) is 11.4 Å². The Hall–Kier alpha value is -3.61. The van der Waals surface area contributed by atoms with Crippen molar-refractivity contribution in [2.75, 3.05) is 0 Å². The number of carboxylic acid groups (broad SMARTS) is 2. The van der Waals surface area contributed by atoms with Crippen LogP contribution in [-0.2, 0) is 9.59 Å². The molecule has 2 aromatic rings. The van der Waals surface area contributed by atoms with E-state index in [-0.39, 0.29) is 11.4 Å². The number of hydrogen-bond acceptors (Lipinski definition) is 7. The molecule has 156 valence electrons. The fourth-order valence-electron chi connectivity index (χ4n) is 2.26. The van der Waals surface area contributed by atoms with E-state index in [2.05, 4.69) is 15.5 Å². The smallest absolute Gasteiger partial charge is 0.328 e. The average Bonchev–Trinajstić information content (AvgIpc) is 3.10. The standard InChI is InChI=1S/C16H16F2N4O7/c1-6(23)12(15(26)27)20-16(28)19-10(5-11(24)25)14-21-13(22-29-14)8-4-7(17)2-3-9(8)18/h2-4,6,10,12,23H,5H2,1H3,(H,24,25)(H,26,27)(H2,19,20,28)/t6?,10-,12-/m0/s1. The summed E-state index contributed by atoms with van der Waals surface area (Å²) < 4.78 is 32.0. The van der Waals surface area contributed by atoms with Gasteiger partial charge < -0.3 is 30.5 Å². The summed E-state index contributed by atoms with van der Waals surface area (Å²) >= 11 is 0. The van der Waals surface area contributed by atoms with Crippen molar-refractivity contribution in [1.82, 2.24) is 20.8 Å². The molecule has 29 heavy (non-hydrogen) atoms. The van der Waals surface area contributed by atoms with Crippen molar-refractivity contribution in [3.63, 3.8) is 0 Å². The molecule has 0 aliphatic heterocycles. The minimum absolute atomic E-state index is 0.349. The van der Waals surface area contributed by atoms with E-state index in [1.807, 2.05) is 5.32 Å². The number of hydrogen-bond donors (Lipinski definition) is 5. The molecule has 1 heterocycles. The van der Waals surface area contributed by atoms with Crippen molar-refractivity contribution in [1.29, 1.82) is 0 Å². The summed E-state index contributed by atoms with van der Waals surface area (Å²) in [7, 11) is 0. The first-order chi connectivity index (χ1) is 13.6. The van der Waals surface area contributed by atoms with Crippen LogP contribution < -0.4 is 10.6 Å². The summed E-state index contributed by atoms with van der Waals surface area (Å²) in [5.41, 5.74) is -0.349. The Labute approximate surface area is 161 Å². The third-order valence-corrected chi connectivity index (χ3v) is 3.63. The lowest BCUT2D eigenvalue weighted by Crippen LogP contribution is -2.51. The SMILES string of the molecule is CC(O)[C@H](NC(=O)N[C@@H](CC(=O)O)c1nc(-c2cc(F)ccc2F)no1)C(=O)O. The maximum Gasteiger partial charge on any atom is 0.328 e. The number of carbonyl (C=O) groups excluding carboxylic acids is 1.